The van der Waals surface area contributed by atoms with Gasteiger partial charge in [-0.3, -0.25) is 13.8 Å². The number of halogens is 1. The normalized spacial score (nSPS) is 16.4. The molecule has 1 aromatic rings. The maximum absolute atomic E-state index is 12.2. The number of aliphatic hydroxyl groups excluding tert-OH is 1. The number of ether oxygens (including phenoxy) is 1. The van der Waals surface area contributed by atoms with E-state index in [0.717, 1.165) is 44.3 Å². The number of quaternary nitrogens is 1. The van der Waals surface area contributed by atoms with Gasteiger partial charge in [0.15, 0.2) is 6.10 Å². The summed E-state index contributed by atoms with van der Waals surface area (Å²) >= 11 is 5.90. The Morgan fingerprint density at radius 1 is 1.09 bits per heavy atom. The van der Waals surface area contributed by atoms with Gasteiger partial charge in [0.25, 0.3) is 0 Å². The second-order valence-corrected chi connectivity index (χ2v) is 11.1. The van der Waals surface area contributed by atoms with Gasteiger partial charge in [0.05, 0.1) is 40.3 Å². The monoisotopic (exact) mass is 524 g/mol. The summed E-state index contributed by atoms with van der Waals surface area (Å²) in [6.45, 7) is 2.10. The number of phosphoric ester groups is 1. The van der Waals surface area contributed by atoms with Crippen LogP contribution in [0.1, 0.15) is 58.3 Å². The molecular formula is C23H40ClNO8P+. The number of benzene rings is 1. The molecule has 0 saturated carbocycles. The van der Waals surface area contributed by atoms with E-state index in [-0.39, 0.29) is 17.2 Å². The number of rotatable bonds is 18. The van der Waals surface area contributed by atoms with E-state index in [2.05, 4.69) is 6.92 Å². The van der Waals surface area contributed by atoms with Crippen molar-refractivity contribution >= 4 is 25.4 Å². The van der Waals surface area contributed by atoms with Gasteiger partial charge in [-0.05, 0) is 49.9 Å². The van der Waals surface area contributed by atoms with E-state index in [9.17, 15) is 19.4 Å². The Morgan fingerprint density at radius 3 is 2.24 bits per heavy atom. The standard InChI is InChI=1S/C23H39ClNO8P/c1-5-19(32-20-14-12-18(24)13-15-20)11-9-7-6-8-10-16-31-34(29,30)33-21(17-22(26)27)23(28)25(2,3)4/h12-15,19,21,23,28H,5-11,16-17H2,1-4H3,(H-,26,27,29,30)/p+1/t19?,21-,23?/m1/s1. The van der Waals surface area contributed by atoms with E-state index >= 15 is 0 Å². The van der Waals surface area contributed by atoms with E-state index in [4.69, 9.17) is 30.5 Å². The van der Waals surface area contributed by atoms with Crippen molar-refractivity contribution in [1.82, 2.24) is 0 Å². The minimum absolute atomic E-state index is 0.00526. The summed E-state index contributed by atoms with van der Waals surface area (Å²) in [7, 11) is 0.369. The Kier molecular flexibility index (Phi) is 13.6. The molecule has 0 aliphatic rings. The van der Waals surface area contributed by atoms with Gasteiger partial charge in [-0.1, -0.05) is 37.8 Å². The average Bonchev–Trinajstić information content (AvgIpc) is 2.73. The van der Waals surface area contributed by atoms with Crippen molar-refractivity contribution in [3.05, 3.63) is 29.3 Å². The van der Waals surface area contributed by atoms with Crippen molar-refractivity contribution in [3.63, 3.8) is 0 Å². The molecule has 0 fully saturated rings. The van der Waals surface area contributed by atoms with E-state index in [1.54, 1.807) is 33.3 Å². The first-order valence-corrected chi connectivity index (χ1v) is 13.5. The summed E-state index contributed by atoms with van der Waals surface area (Å²) in [6, 6.07) is 7.34. The number of hydrogen-bond acceptors (Lipinski definition) is 6. The number of hydrogen-bond donors (Lipinski definition) is 3. The van der Waals surface area contributed by atoms with E-state index in [1.165, 1.54) is 0 Å². The fourth-order valence-electron chi connectivity index (χ4n) is 3.31. The molecule has 0 aliphatic heterocycles. The third kappa shape index (κ3) is 13.0. The lowest BCUT2D eigenvalue weighted by atomic mass is 10.1. The lowest BCUT2D eigenvalue weighted by Gasteiger charge is -2.34. The first-order valence-electron chi connectivity index (χ1n) is 11.6. The molecule has 11 heteroatoms. The highest BCUT2D eigenvalue weighted by Gasteiger charge is 2.39. The second kappa shape index (κ2) is 15.0. The third-order valence-electron chi connectivity index (χ3n) is 5.27. The maximum Gasteiger partial charge on any atom is 0.472 e. The minimum atomic E-state index is -4.50. The lowest BCUT2D eigenvalue weighted by Crippen LogP contribution is -2.52. The number of unbranched alkanes of at least 4 members (excludes halogenated alkanes) is 4. The van der Waals surface area contributed by atoms with Crippen molar-refractivity contribution in [2.24, 2.45) is 0 Å². The Bertz CT molecular complexity index is 771. The predicted octanol–water partition coefficient (Wildman–Crippen LogP) is 4.84. The van der Waals surface area contributed by atoms with E-state index in [0.29, 0.717) is 11.4 Å². The second-order valence-electron chi connectivity index (χ2n) is 9.23. The van der Waals surface area contributed by atoms with Crippen LogP contribution in [0, 0.1) is 0 Å². The largest absolute Gasteiger partial charge is 0.490 e. The van der Waals surface area contributed by atoms with Gasteiger partial charge in [-0.25, -0.2) is 4.57 Å². The van der Waals surface area contributed by atoms with Crippen molar-refractivity contribution in [1.29, 1.82) is 0 Å². The van der Waals surface area contributed by atoms with Gasteiger partial charge < -0.3 is 24.3 Å². The maximum atomic E-state index is 12.2. The fourth-order valence-corrected chi connectivity index (χ4v) is 4.38. The average molecular weight is 525 g/mol. The van der Waals surface area contributed by atoms with Crippen LogP contribution in [0.2, 0.25) is 5.02 Å². The number of aliphatic hydroxyl groups is 1. The third-order valence-corrected chi connectivity index (χ3v) is 6.57. The molecule has 0 amide bonds. The Balaban J connectivity index is 2.28. The Hall–Kier alpha value is -1.19. The zero-order valence-electron chi connectivity index (χ0n) is 20.6. The van der Waals surface area contributed by atoms with Crippen LogP contribution < -0.4 is 4.74 Å². The minimum Gasteiger partial charge on any atom is -0.490 e. The molecule has 0 saturated heterocycles. The molecule has 1 aromatic carbocycles. The molecule has 0 aromatic heterocycles. The van der Waals surface area contributed by atoms with Crippen LogP contribution in [0.25, 0.3) is 0 Å². The molecule has 0 aliphatic carbocycles. The fraction of sp³-hybridized carbons (Fsp3) is 0.696. The van der Waals surface area contributed by atoms with Crippen LogP contribution in [-0.4, -0.2) is 71.7 Å². The van der Waals surface area contributed by atoms with Gasteiger partial charge in [-0.2, -0.15) is 0 Å². The highest BCUT2D eigenvalue weighted by molar-refractivity contribution is 7.47. The summed E-state index contributed by atoms with van der Waals surface area (Å²) in [5, 5.41) is 20.0. The molecular weight excluding hydrogens is 485 g/mol. The molecule has 4 atom stereocenters. The molecule has 34 heavy (non-hydrogen) atoms. The quantitative estimate of drug-likeness (QED) is 0.108. The van der Waals surface area contributed by atoms with E-state index < -0.39 is 32.5 Å². The van der Waals surface area contributed by atoms with Crippen molar-refractivity contribution in [2.75, 3.05) is 27.7 Å². The van der Waals surface area contributed by atoms with Gasteiger partial charge in [0.1, 0.15) is 5.75 Å². The topological polar surface area (TPSA) is 123 Å². The molecule has 9 nitrogen and oxygen atoms in total. The molecule has 3 N–H and O–H groups in total. The smallest absolute Gasteiger partial charge is 0.472 e. The summed E-state index contributed by atoms with van der Waals surface area (Å²) in [4.78, 5) is 21.0. The first-order chi connectivity index (χ1) is 15.8. The molecule has 1 rings (SSSR count). The van der Waals surface area contributed by atoms with Gasteiger partial charge >= 0.3 is 13.8 Å². The summed E-state index contributed by atoms with van der Waals surface area (Å²) in [6.07, 6.45) is 3.02. The number of carboxylic acids is 1. The van der Waals surface area contributed by atoms with Crippen molar-refractivity contribution in [3.8, 4) is 5.75 Å². The van der Waals surface area contributed by atoms with Crippen LogP contribution in [0.15, 0.2) is 24.3 Å². The number of nitrogens with zero attached hydrogens (tertiary/aromatic N) is 1. The summed E-state index contributed by atoms with van der Waals surface area (Å²) in [5.41, 5.74) is 0. The van der Waals surface area contributed by atoms with Gasteiger partial charge in [-0.15, -0.1) is 0 Å². The first kappa shape index (κ1) is 30.8. The lowest BCUT2D eigenvalue weighted by molar-refractivity contribution is -0.922. The van der Waals surface area contributed by atoms with Crippen molar-refractivity contribution in [2.45, 2.75) is 76.7 Å². The number of likely N-dealkylation sites (N-methyl/N-ethyl adjacent to an activating group) is 1. The molecule has 0 radical (unpaired) electrons. The van der Waals surface area contributed by atoms with Crippen LogP contribution in [0.5, 0.6) is 5.75 Å². The molecule has 0 heterocycles. The van der Waals surface area contributed by atoms with E-state index in [1.807, 2.05) is 12.1 Å². The van der Waals surface area contributed by atoms with Gasteiger partial charge in [0.2, 0.25) is 6.23 Å². The number of aliphatic carboxylic acids is 1. The Labute approximate surface area is 207 Å². The number of carboxylic acid groups (broad SMARTS) is 1. The summed E-state index contributed by atoms with van der Waals surface area (Å²) < 4.78 is 28.1. The van der Waals surface area contributed by atoms with Crippen molar-refractivity contribution < 1.29 is 42.7 Å². The molecule has 0 spiro atoms. The summed E-state index contributed by atoms with van der Waals surface area (Å²) in [5.74, 6) is -0.440. The SMILES string of the molecule is CCC(CCCCCCCOP(=O)(O)O[C@H](CC(=O)O)C(O)[N+](C)(C)C)Oc1ccc(Cl)cc1. The van der Waals surface area contributed by atoms with Crippen LogP contribution in [0.3, 0.4) is 0 Å². The molecule has 196 valence electrons. The van der Waals surface area contributed by atoms with Gasteiger partial charge in [0, 0.05) is 5.02 Å². The zero-order valence-corrected chi connectivity index (χ0v) is 22.2. The Morgan fingerprint density at radius 2 is 1.68 bits per heavy atom. The molecule has 0 bridgehead atoms. The van der Waals surface area contributed by atoms with Crippen LogP contribution in [-0.2, 0) is 18.4 Å². The predicted molar refractivity (Wildman–Crippen MR) is 131 cm³/mol. The molecule has 3 unspecified atom stereocenters. The number of carbonyl (C=O) groups is 1. The highest BCUT2D eigenvalue weighted by atomic mass is 35.5. The zero-order chi connectivity index (χ0) is 25.8. The highest BCUT2D eigenvalue weighted by Crippen LogP contribution is 2.46. The van der Waals surface area contributed by atoms with Crippen LogP contribution in [0.4, 0.5) is 0 Å². The number of phosphoric acid groups is 1. The van der Waals surface area contributed by atoms with Crippen LogP contribution >= 0.6 is 19.4 Å².